The van der Waals surface area contributed by atoms with Gasteiger partial charge < -0.3 is 0 Å². The van der Waals surface area contributed by atoms with E-state index in [1.54, 1.807) is 5.41 Å². The molecule has 1 heterocycles. The van der Waals surface area contributed by atoms with Crippen LogP contribution < -0.4 is 5.43 Å². The van der Waals surface area contributed by atoms with Crippen molar-refractivity contribution in [2.24, 2.45) is 0 Å². The molecule has 2 rings (SSSR count). The van der Waals surface area contributed by atoms with Crippen LogP contribution in [0.5, 0.6) is 0 Å². The van der Waals surface area contributed by atoms with Crippen molar-refractivity contribution in [1.29, 1.82) is 0 Å². The molecule has 0 fully saturated rings. The molecule has 1 aliphatic heterocycles. The topological polar surface area (TPSA) is 52.7 Å². The first kappa shape index (κ1) is 14.5. The lowest BCUT2D eigenvalue weighted by atomic mass is 10.3. The quantitative estimate of drug-likeness (QED) is 0.863. The highest BCUT2D eigenvalue weighted by molar-refractivity contribution is 8.14. The third kappa shape index (κ3) is 3.00. The second kappa shape index (κ2) is 5.62. The fraction of sp³-hybridized carbons (Fsp3) is 0.273. The highest BCUT2D eigenvalue weighted by Crippen LogP contribution is 2.36. The molecule has 8 heteroatoms. The van der Waals surface area contributed by atoms with Gasteiger partial charge >= 0.3 is 0 Å². The number of halogens is 1. The molecule has 104 valence electrons. The van der Waals surface area contributed by atoms with Crippen LogP contribution in [0.15, 0.2) is 40.9 Å². The molecule has 1 unspecified atom stereocenters. The Bertz CT molecular complexity index is 575. The van der Waals surface area contributed by atoms with Gasteiger partial charge in [-0.15, -0.1) is 0 Å². The number of hydrogen-bond acceptors (Lipinski definition) is 5. The predicted octanol–water partition coefficient (Wildman–Crippen LogP) is 2.28. The van der Waals surface area contributed by atoms with Crippen LogP contribution in [0.25, 0.3) is 0 Å². The minimum Gasteiger partial charge on any atom is -0.295 e. The smallest absolute Gasteiger partial charge is 0.246 e. The molecule has 5 nitrogen and oxygen atoms in total. The number of anilines is 1. The summed E-state index contributed by atoms with van der Waals surface area (Å²) in [6.45, 7) is 0. The molecule has 0 aliphatic carbocycles. The summed E-state index contributed by atoms with van der Waals surface area (Å²) in [6.07, 6.45) is 0. The average Bonchev–Trinajstić information content (AvgIpc) is 2.73. The van der Waals surface area contributed by atoms with Gasteiger partial charge in [0.05, 0.1) is 5.69 Å². The van der Waals surface area contributed by atoms with E-state index in [4.69, 9.17) is 11.6 Å². The van der Waals surface area contributed by atoms with E-state index < -0.39 is 14.7 Å². The standard InChI is InChI=1S/C11H14ClN3O2S2/c1-14(2)19(16,17)11-15(10(12)8-18-11)13-9-6-4-3-5-7-9/h3-8,11,13H,1-2H3. The number of hydrazine groups is 1. The zero-order chi connectivity index (χ0) is 14.0. The van der Waals surface area contributed by atoms with Crippen LogP contribution in [0.3, 0.4) is 0 Å². The Balaban J connectivity index is 2.24. The Labute approximate surface area is 122 Å². The van der Waals surface area contributed by atoms with Crippen LogP contribution in [-0.2, 0) is 10.0 Å². The maximum Gasteiger partial charge on any atom is 0.246 e. The van der Waals surface area contributed by atoms with E-state index in [2.05, 4.69) is 5.43 Å². The van der Waals surface area contributed by atoms with Crippen molar-refractivity contribution >= 4 is 39.1 Å². The number of rotatable bonds is 4. The number of thioether (sulfide) groups is 1. The van der Waals surface area contributed by atoms with E-state index in [0.29, 0.717) is 5.16 Å². The van der Waals surface area contributed by atoms with Crippen LogP contribution >= 0.6 is 23.4 Å². The van der Waals surface area contributed by atoms with Crippen molar-refractivity contribution in [2.75, 3.05) is 19.5 Å². The second-order valence-corrected chi connectivity index (χ2v) is 7.91. The van der Waals surface area contributed by atoms with Crippen LogP contribution in [0.2, 0.25) is 0 Å². The molecular weight excluding hydrogens is 306 g/mol. The van der Waals surface area contributed by atoms with Gasteiger partial charge in [-0.05, 0) is 12.1 Å². The molecule has 0 saturated carbocycles. The second-order valence-electron chi connectivity index (χ2n) is 4.06. The van der Waals surface area contributed by atoms with Crippen LogP contribution in [0.4, 0.5) is 5.69 Å². The minimum absolute atomic E-state index is 0.351. The van der Waals surface area contributed by atoms with E-state index in [9.17, 15) is 8.42 Å². The maximum absolute atomic E-state index is 12.2. The van der Waals surface area contributed by atoms with E-state index in [1.165, 1.54) is 23.4 Å². The summed E-state index contributed by atoms with van der Waals surface area (Å²) in [6, 6.07) is 9.28. The van der Waals surface area contributed by atoms with Crippen molar-refractivity contribution in [1.82, 2.24) is 9.31 Å². The SMILES string of the molecule is CN(C)S(=O)(=O)C1SC=C(Cl)N1Nc1ccccc1. The third-order valence-electron chi connectivity index (χ3n) is 2.51. The molecule has 1 aromatic carbocycles. The number of nitrogens with zero attached hydrogens (tertiary/aromatic N) is 2. The zero-order valence-corrected chi connectivity index (χ0v) is 12.8. The van der Waals surface area contributed by atoms with Crippen LogP contribution in [-0.4, -0.2) is 36.5 Å². The van der Waals surface area contributed by atoms with Crippen molar-refractivity contribution in [2.45, 2.75) is 4.71 Å². The van der Waals surface area contributed by atoms with Crippen molar-refractivity contribution in [3.05, 3.63) is 40.9 Å². The predicted molar refractivity (Wildman–Crippen MR) is 79.8 cm³/mol. The molecule has 1 N–H and O–H groups in total. The number of sulfonamides is 1. The molecule has 1 atom stereocenters. The molecule has 0 aromatic heterocycles. The minimum atomic E-state index is -3.46. The van der Waals surface area contributed by atoms with Crippen molar-refractivity contribution < 1.29 is 8.42 Å². The first-order valence-electron chi connectivity index (χ1n) is 5.46. The molecule has 0 amide bonds. The Hall–Kier alpha value is -0.890. The van der Waals surface area contributed by atoms with E-state index in [-0.39, 0.29) is 0 Å². The highest BCUT2D eigenvalue weighted by atomic mass is 35.5. The molecular formula is C11H14ClN3O2S2. The van der Waals surface area contributed by atoms with Gasteiger partial charge in [0.1, 0.15) is 5.16 Å². The number of nitrogens with one attached hydrogen (secondary N) is 1. The fourth-order valence-electron chi connectivity index (χ4n) is 1.47. The Morgan fingerprint density at radius 2 is 1.95 bits per heavy atom. The van der Waals surface area contributed by atoms with Crippen LogP contribution in [0, 0.1) is 0 Å². The highest BCUT2D eigenvalue weighted by Gasteiger charge is 2.38. The summed E-state index contributed by atoms with van der Waals surface area (Å²) < 4.78 is 24.8. The van der Waals surface area contributed by atoms with Gasteiger partial charge in [-0.3, -0.25) is 5.43 Å². The first-order chi connectivity index (χ1) is 8.93. The lowest BCUT2D eigenvalue weighted by molar-refractivity contribution is 0.441. The van der Waals surface area contributed by atoms with Gasteiger partial charge in [0.25, 0.3) is 0 Å². The number of benzene rings is 1. The Morgan fingerprint density at radius 1 is 1.32 bits per heavy atom. The van der Waals surface area contributed by atoms with E-state index in [0.717, 1.165) is 17.4 Å². The van der Waals surface area contributed by atoms with E-state index >= 15 is 0 Å². The van der Waals surface area contributed by atoms with Gasteiger partial charge in [-0.2, -0.15) is 0 Å². The van der Waals surface area contributed by atoms with E-state index in [1.807, 2.05) is 30.3 Å². The number of para-hydroxylation sites is 1. The van der Waals surface area contributed by atoms with Gasteiger partial charge in [-0.1, -0.05) is 41.6 Å². The van der Waals surface area contributed by atoms with Crippen LogP contribution in [0.1, 0.15) is 0 Å². The summed E-state index contributed by atoms with van der Waals surface area (Å²) in [5.41, 5.74) is 3.78. The molecule has 0 saturated heterocycles. The lowest BCUT2D eigenvalue weighted by Crippen LogP contribution is -2.43. The van der Waals surface area contributed by atoms with Gasteiger partial charge in [0, 0.05) is 19.5 Å². The zero-order valence-electron chi connectivity index (χ0n) is 10.4. The largest absolute Gasteiger partial charge is 0.295 e. The maximum atomic E-state index is 12.2. The van der Waals surface area contributed by atoms with Gasteiger partial charge in [-0.25, -0.2) is 17.7 Å². The summed E-state index contributed by atoms with van der Waals surface area (Å²) in [5.74, 6) is 0. The lowest BCUT2D eigenvalue weighted by Gasteiger charge is -2.29. The third-order valence-corrected chi connectivity index (χ3v) is 6.53. The monoisotopic (exact) mass is 319 g/mol. The molecule has 1 aromatic rings. The summed E-state index contributed by atoms with van der Waals surface area (Å²) in [7, 11) is -0.450. The molecule has 0 bridgehead atoms. The Kier molecular flexibility index (Phi) is 4.29. The molecule has 0 radical (unpaired) electrons. The normalized spacial score (nSPS) is 19.7. The van der Waals surface area contributed by atoms with Crippen molar-refractivity contribution in [3.63, 3.8) is 0 Å². The Morgan fingerprint density at radius 3 is 2.53 bits per heavy atom. The summed E-state index contributed by atoms with van der Waals surface area (Å²) in [4.78, 5) is 0. The first-order valence-corrected chi connectivity index (χ1v) is 8.29. The molecule has 19 heavy (non-hydrogen) atoms. The van der Waals surface area contributed by atoms with Crippen molar-refractivity contribution in [3.8, 4) is 0 Å². The molecule has 1 aliphatic rings. The average molecular weight is 320 g/mol. The summed E-state index contributed by atoms with van der Waals surface area (Å²) in [5, 5.41) is 3.41. The molecule has 0 spiro atoms. The number of hydrogen-bond donors (Lipinski definition) is 1. The summed E-state index contributed by atoms with van der Waals surface area (Å²) >= 11 is 7.21. The van der Waals surface area contributed by atoms with Gasteiger partial charge in [0.15, 0.2) is 0 Å². The van der Waals surface area contributed by atoms with Gasteiger partial charge in [0.2, 0.25) is 14.7 Å². The fourth-order valence-corrected chi connectivity index (χ4v) is 4.55.